The molecule has 3 N–H and O–H groups in total. The maximum Gasteiger partial charge on any atom is 0.246 e. The van der Waals surface area contributed by atoms with Crippen LogP contribution in [0, 0.1) is 0 Å². The highest BCUT2D eigenvalue weighted by molar-refractivity contribution is 7.89. The largest absolute Gasteiger partial charge is 0.398 e. The lowest BCUT2D eigenvalue weighted by molar-refractivity contribution is -0.131. The lowest BCUT2D eigenvalue weighted by atomic mass is 10.0. The van der Waals surface area contributed by atoms with Crippen LogP contribution in [0.3, 0.4) is 0 Å². The second-order valence-corrected chi connectivity index (χ2v) is 7.34. The van der Waals surface area contributed by atoms with E-state index in [1.165, 1.54) is 18.2 Å². The minimum atomic E-state index is -3.89. The van der Waals surface area contributed by atoms with Crippen molar-refractivity contribution in [2.75, 3.05) is 18.8 Å². The summed E-state index contributed by atoms with van der Waals surface area (Å²) in [5.74, 6) is -0.340. The number of hydrogen-bond acceptors (Lipinski definition) is 4. The Morgan fingerprint density at radius 1 is 1.40 bits per heavy atom. The molecular weight excluding hydrogens is 302 g/mol. The van der Waals surface area contributed by atoms with Crippen molar-refractivity contribution < 1.29 is 13.2 Å². The number of anilines is 1. The van der Waals surface area contributed by atoms with E-state index in [0.29, 0.717) is 0 Å². The third-order valence-electron chi connectivity index (χ3n) is 3.32. The number of nitrogen functional groups attached to an aromatic ring is 1. The molecule has 0 aromatic heterocycles. The molecule has 1 aliphatic heterocycles. The summed E-state index contributed by atoms with van der Waals surface area (Å²) < 4.78 is 26.6. The van der Waals surface area contributed by atoms with Crippen molar-refractivity contribution in [3.05, 3.63) is 23.2 Å². The van der Waals surface area contributed by atoms with E-state index in [1.54, 1.807) is 13.8 Å². The van der Waals surface area contributed by atoms with Gasteiger partial charge in [-0.05, 0) is 32.0 Å². The Balaban J connectivity index is 2.55. The van der Waals surface area contributed by atoms with E-state index in [-0.39, 0.29) is 34.6 Å². The first-order valence-corrected chi connectivity index (χ1v) is 7.85. The number of carbonyl (C=O) groups excluding carboxylic acids is 1. The average molecular weight is 318 g/mol. The number of benzene rings is 1. The molecule has 1 fully saturated rings. The highest BCUT2D eigenvalue weighted by atomic mass is 35.5. The highest BCUT2D eigenvalue weighted by Gasteiger charge is 2.45. The van der Waals surface area contributed by atoms with Crippen molar-refractivity contribution in [2.45, 2.75) is 24.3 Å². The van der Waals surface area contributed by atoms with Gasteiger partial charge in [0, 0.05) is 18.1 Å². The summed E-state index contributed by atoms with van der Waals surface area (Å²) in [6.45, 7) is 3.56. The van der Waals surface area contributed by atoms with Crippen LogP contribution in [0.2, 0.25) is 5.02 Å². The van der Waals surface area contributed by atoms with Crippen LogP contribution in [0.4, 0.5) is 5.69 Å². The molecule has 1 amide bonds. The normalized spacial score (nSPS) is 19.6. The molecule has 0 saturated carbocycles. The van der Waals surface area contributed by atoms with Gasteiger partial charge in [0.1, 0.15) is 10.4 Å². The fourth-order valence-electron chi connectivity index (χ4n) is 2.15. The first kappa shape index (κ1) is 15.1. The summed E-state index contributed by atoms with van der Waals surface area (Å²) in [7, 11) is -3.89. The molecule has 20 heavy (non-hydrogen) atoms. The Morgan fingerprint density at radius 3 is 2.70 bits per heavy atom. The number of hydrogen-bond donors (Lipinski definition) is 2. The first-order chi connectivity index (χ1) is 9.17. The van der Waals surface area contributed by atoms with Crippen LogP contribution in [0.1, 0.15) is 13.8 Å². The van der Waals surface area contributed by atoms with Gasteiger partial charge in [-0.15, -0.1) is 0 Å². The van der Waals surface area contributed by atoms with Crippen LogP contribution in [0.5, 0.6) is 0 Å². The van der Waals surface area contributed by atoms with Gasteiger partial charge >= 0.3 is 0 Å². The standard InChI is InChI=1S/C12H16ClN3O3S/c1-12(2)11(17)15-5-6-16(12)20(18,19)10-7-8(13)3-4-9(10)14/h3-4,7H,5-6,14H2,1-2H3,(H,15,17). The maximum atomic E-state index is 12.7. The number of nitrogens with two attached hydrogens (primary N) is 1. The van der Waals surface area contributed by atoms with Crippen molar-refractivity contribution >= 4 is 33.2 Å². The van der Waals surface area contributed by atoms with Crippen molar-refractivity contribution in [3.8, 4) is 0 Å². The number of nitrogens with one attached hydrogen (secondary N) is 1. The highest BCUT2D eigenvalue weighted by Crippen LogP contribution is 2.31. The molecule has 1 aromatic carbocycles. The van der Waals surface area contributed by atoms with Crippen molar-refractivity contribution in [3.63, 3.8) is 0 Å². The molecule has 2 rings (SSSR count). The molecule has 0 radical (unpaired) electrons. The van der Waals surface area contributed by atoms with Crippen LogP contribution in [-0.4, -0.2) is 37.3 Å². The monoisotopic (exact) mass is 317 g/mol. The number of carbonyl (C=O) groups is 1. The molecular formula is C12H16ClN3O3S. The van der Waals surface area contributed by atoms with Gasteiger partial charge in [0.2, 0.25) is 15.9 Å². The van der Waals surface area contributed by atoms with E-state index in [0.717, 1.165) is 4.31 Å². The van der Waals surface area contributed by atoms with Gasteiger partial charge in [-0.1, -0.05) is 11.6 Å². The summed E-state index contributed by atoms with van der Waals surface area (Å²) in [5, 5.41) is 2.92. The van der Waals surface area contributed by atoms with Gasteiger partial charge in [0.05, 0.1) is 5.69 Å². The molecule has 0 aliphatic carbocycles. The van der Waals surface area contributed by atoms with Crippen LogP contribution < -0.4 is 11.1 Å². The van der Waals surface area contributed by atoms with Gasteiger partial charge in [-0.3, -0.25) is 4.79 Å². The summed E-state index contributed by atoms with van der Waals surface area (Å²) in [6.07, 6.45) is 0. The molecule has 0 spiro atoms. The number of halogens is 1. The first-order valence-electron chi connectivity index (χ1n) is 6.03. The third-order valence-corrected chi connectivity index (χ3v) is 5.69. The third kappa shape index (κ3) is 2.36. The zero-order valence-corrected chi connectivity index (χ0v) is 12.8. The number of amides is 1. The Hall–Kier alpha value is -1.31. The number of sulfonamides is 1. The second kappa shape index (κ2) is 4.91. The van der Waals surface area contributed by atoms with Gasteiger partial charge < -0.3 is 11.1 Å². The minimum Gasteiger partial charge on any atom is -0.398 e. The van der Waals surface area contributed by atoms with E-state index in [9.17, 15) is 13.2 Å². The summed E-state index contributed by atoms with van der Waals surface area (Å²) in [5.41, 5.74) is 4.67. The Kier molecular flexibility index (Phi) is 3.70. The van der Waals surface area contributed by atoms with Crippen LogP contribution in [0.15, 0.2) is 23.1 Å². The van der Waals surface area contributed by atoms with Gasteiger partial charge in [-0.25, -0.2) is 8.42 Å². The Morgan fingerprint density at radius 2 is 2.05 bits per heavy atom. The van der Waals surface area contributed by atoms with Crippen molar-refractivity contribution in [1.82, 2.24) is 9.62 Å². The SMILES string of the molecule is CC1(C)C(=O)NCCN1S(=O)(=O)c1cc(Cl)ccc1N. The molecule has 8 heteroatoms. The molecule has 0 bridgehead atoms. The fourth-order valence-corrected chi connectivity index (χ4v) is 4.28. The molecule has 6 nitrogen and oxygen atoms in total. The lowest BCUT2D eigenvalue weighted by Crippen LogP contribution is -2.63. The summed E-state index contributed by atoms with van der Waals surface area (Å²) in [6, 6.07) is 4.25. The van der Waals surface area contributed by atoms with Gasteiger partial charge in [0.15, 0.2) is 0 Å². The van der Waals surface area contributed by atoms with Crippen molar-refractivity contribution in [1.29, 1.82) is 0 Å². The Bertz CT molecular complexity index is 658. The second-order valence-electron chi connectivity index (χ2n) is 5.07. The zero-order valence-electron chi connectivity index (χ0n) is 11.2. The van der Waals surface area contributed by atoms with E-state index in [2.05, 4.69) is 5.32 Å². The van der Waals surface area contributed by atoms with E-state index < -0.39 is 15.6 Å². The molecule has 0 atom stereocenters. The zero-order chi connectivity index (χ0) is 15.1. The predicted octanol–water partition coefficient (Wildman–Crippen LogP) is 0.821. The minimum absolute atomic E-state index is 0.0761. The summed E-state index contributed by atoms with van der Waals surface area (Å²) in [4.78, 5) is 11.8. The van der Waals surface area contributed by atoms with Gasteiger partial charge in [0.25, 0.3) is 0 Å². The van der Waals surface area contributed by atoms with Gasteiger partial charge in [-0.2, -0.15) is 4.31 Å². The van der Waals surface area contributed by atoms with Crippen molar-refractivity contribution in [2.24, 2.45) is 0 Å². The molecule has 110 valence electrons. The molecule has 1 aromatic rings. The number of rotatable bonds is 2. The predicted molar refractivity (Wildman–Crippen MR) is 76.8 cm³/mol. The molecule has 1 heterocycles. The number of nitrogens with zero attached hydrogens (tertiary/aromatic N) is 1. The quantitative estimate of drug-likeness (QED) is 0.790. The summed E-state index contributed by atoms with van der Waals surface area (Å²) >= 11 is 5.84. The van der Waals surface area contributed by atoms with Crippen LogP contribution in [0.25, 0.3) is 0 Å². The van der Waals surface area contributed by atoms with Crippen LogP contribution >= 0.6 is 11.6 Å². The van der Waals surface area contributed by atoms with E-state index in [1.807, 2.05) is 0 Å². The van der Waals surface area contributed by atoms with Crippen LogP contribution in [-0.2, 0) is 14.8 Å². The number of piperazine rings is 1. The fraction of sp³-hybridized carbons (Fsp3) is 0.417. The van der Waals surface area contributed by atoms with E-state index in [4.69, 9.17) is 17.3 Å². The van der Waals surface area contributed by atoms with E-state index >= 15 is 0 Å². The maximum absolute atomic E-state index is 12.7. The smallest absolute Gasteiger partial charge is 0.246 e. The molecule has 1 aliphatic rings. The average Bonchev–Trinajstić information content (AvgIpc) is 2.35. The molecule has 1 saturated heterocycles. The Labute approximate surface area is 122 Å². The topological polar surface area (TPSA) is 92.5 Å². The molecule has 0 unspecified atom stereocenters. The lowest BCUT2D eigenvalue weighted by Gasteiger charge is -2.40.